The lowest BCUT2D eigenvalue weighted by atomic mass is 10.1. The first-order valence-corrected chi connectivity index (χ1v) is 25.3. The Kier molecular flexibility index (Phi) is 46.4. The van der Waals surface area contributed by atoms with Gasteiger partial charge in [-0.25, -0.2) is 0 Å². The molecule has 0 N–H and O–H groups in total. The van der Waals surface area contributed by atoms with Crippen LogP contribution in [0.2, 0.25) is 0 Å². The maximum absolute atomic E-state index is 12.8. The van der Waals surface area contributed by atoms with E-state index in [1.807, 2.05) is 0 Å². The third kappa shape index (κ3) is 46.2. The summed E-state index contributed by atoms with van der Waals surface area (Å²) in [6.45, 7) is 6.50. The Bertz CT molecular complexity index is 1100. The van der Waals surface area contributed by atoms with Gasteiger partial charge in [0.25, 0.3) is 0 Å². The molecule has 0 aliphatic heterocycles. The van der Waals surface area contributed by atoms with E-state index in [1.54, 1.807) is 0 Å². The summed E-state index contributed by atoms with van der Waals surface area (Å²) in [5, 5.41) is 0. The van der Waals surface area contributed by atoms with Crippen molar-refractivity contribution >= 4 is 17.9 Å². The van der Waals surface area contributed by atoms with Gasteiger partial charge in [-0.1, -0.05) is 184 Å². The van der Waals surface area contributed by atoms with E-state index in [0.717, 1.165) is 109 Å². The lowest BCUT2D eigenvalue weighted by Crippen LogP contribution is -2.30. The largest absolute Gasteiger partial charge is 0.462 e. The van der Waals surface area contributed by atoms with E-state index in [1.165, 1.54) is 96.3 Å². The molecular formula is C54H94O6. The van der Waals surface area contributed by atoms with Crippen LogP contribution in [-0.2, 0) is 28.6 Å². The molecule has 0 saturated carbocycles. The number of allylic oxidation sites excluding steroid dienone is 10. The normalized spacial score (nSPS) is 12.5. The molecule has 0 amide bonds. The van der Waals surface area contributed by atoms with Gasteiger partial charge in [0.2, 0.25) is 0 Å². The van der Waals surface area contributed by atoms with Crippen LogP contribution in [0.25, 0.3) is 0 Å². The third-order valence-electron chi connectivity index (χ3n) is 10.7. The van der Waals surface area contributed by atoms with Crippen molar-refractivity contribution in [3.63, 3.8) is 0 Å². The van der Waals surface area contributed by atoms with Crippen molar-refractivity contribution < 1.29 is 28.6 Å². The Morgan fingerprint density at radius 1 is 0.333 bits per heavy atom. The van der Waals surface area contributed by atoms with Crippen LogP contribution in [-0.4, -0.2) is 37.2 Å². The lowest BCUT2D eigenvalue weighted by Gasteiger charge is -2.18. The molecule has 6 heteroatoms. The summed E-state index contributed by atoms with van der Waals surface area (Å²) in [4.78, 5) is 37.9. The second-order valence-electron chi connectivity index (χ2n) is 16.7. The summed E-state index contributed by atoms with van der Waals surface area (Å²) >= 11 is 0. The Labute approximate surface area is 370 Å². The molecule has 0 aromatic heterocycles. The quantitative estimate of drug-likeness (QED) is 0.0263. The fourth-order valence-electron chi connectivity index (χ4n) is 6.86. The topological polar surface area (TPSA) is 78.9 Å². The average molecular weight is 839 g/mol. The number of ether oxygens (including phenoxy) is 3. The maximum atomic E-state index is 12.8. The Morgan fingerprint density at radius 2 is 0.633 bits per heavy atom. The number of carbonyl (C=O) groups excluding carboxylic acids is 3. The van der Waals surface area contributed by atoms with Gasteiger partial charge in [-0.3, -0.25) is 14.4 Å². The highest BCUT2D eigenvalue weighted by Gasteiger charge is 2.19. The van der Waals surface area contributed by atoms with Gasteiger partial charge in [0, 0.05) is 19.3 Å². The molecule has 0 saturated heterocycles. The lowest BCUT2D eigenvalue weighted by molar-refractivity contribution is -0.167. The van der Waals surface area contributed by atoms with E-state index in [2.05, 4.69) is 81.5 Å². The Balaban J connectivity index is 4.40. The molecule has 1 unspecified atom stereocenters. The predicted octanol–water partition coefficient (Wildman–Crippen LogP) is 16.5. The van der Waals surface area contributed by atoms with Gasteiger partial charge in [0.05, 0.1) is 0 Å². The minimum Gasteiger partial charge on any atom is -0.462 e. The smallest absolute Gasteiger partial charge is 0.306 e. The molecule has 1 atom stereocenters. The van der Waals surface area contributed by atoms with Crippen molar-refractivity contribution in [2.24, 2.45) is 0 Å². The summed E-state index contributed by atoms with van der Waals surface area (Å²) < 4.78 is 16.8. The maximum Gasteiger partial charge on any atom is 0.306 e. The molecule has 0 aromatic carbocycles. The summed E-state index contributed by atoms with van der Waals surface area (Å²) in [5.74, 6) is -0.916. The molecule has 0 spiro atoms. The summed E-state index contributed by atoms with van der Waals surface area (Å²) in [6, 6.07) is 0. The standard InChI is InChI=1S/C54H94O6/c1-4-7-10-13-16-19-22-25-26-27-28-30-32-35-38-41-44-47-53(56)59-50-51(49-58-52(55)46-43-40-37-34-31-24-21-18-15-12-9-6-3)60-54(57)48-45-42-39-36-33-29-23-20-17-14-11-8-5-2/h11,14,16,18-21,23,25-26,51H,4-10,12-13,15,17,22,24,27-50H2,1-3H3/b14-11-,19-16-,21-18-,23-20-,26-25-. The van der Waals surface area contributed by atoms with Crippen LogP contribution in [0.15, 0.2) is 60.8 Å². The first-order chi connectivity index (χ1) is 29.5. The van der Waals surface area contributed by atoms with Gasteiger partial charge in [0.1, 0.15) is 13.2 Å². The van der Waals surface area contributed by atoms with Gasteiger partial charge in [-0.15, -0.1) is 0 Å². The van der Waals surface area contributed by atoms with Crippen molar-refractivity contribution in [2.45, 2.75) is 252 Å². The molecule has 0 fully saturated rings. The highest BCUT2D eigenvalue weighted by atomic mass is 16.6. The molecule has 0 rings (SSSR count). The highest BCUT2D eigenvalue weighted by molar-refractivity contribution is 5.71. The molecule has 0 bridgehead atoms. The van der Waals surface area contributed by atoms with Crippen LogP contribution in [0.5, 0.6) is 0 Å². The predicted molar refractivity (Wildman–Crippen MR) is 256 cm³/mol. The van der Waals surface area contributed by atoms with E-state index in [-0.39, 0.29) is 31.1 Å². The molecule has 60 heavy (non-hydrogen) atoms. The van der Waals surface area contributed by atoms with E-state index in [0.29, 0.717) is 19.3 Å². The fourth-order valence-corrected chi connectivity index (χ4v) is 6.86. The molecular weight excluding hydrogens is 745 g/mol. The third-order valence-corrected chi connectivity index (χ3v) is 10.7. The first kappa shape index (κ1) is 57.1. The monoisotopic (exact) mass is 839 g/mol. The molecule has 0 aliphatic carbocycles. The second kappa shape index (κ2) is 48.8. The number of carbonyl (C=O) groups is 3. The fraction of sp³-hybridized carbons (Fsp3) is 0.759. The van der Waals surface area contributed by atoms with Crippen molar-refractivity contribution in [1.82, 2.24) is 0 Å². The number of rotatable bonds is 45. The van der Waals surface area contributed by atoms with E-state index in [4.69, 9.17) is 14.2 Å². The SMILES string of the molecule is CCC/C=C\C/C=C\CCCCCCCC(=O)OC(COC(=O)CCCCCCC/C=C\CCCCC)COC(=O)CCCCCCCCC/C=C\C/C=C\CCCCC. The molecule has 0 radical (unpaired) electrons. The number of esters is 3. The Morgan fingerprint density at radius 3 is 1.00 bits per heavy atom. The van der Waals surface area contributed by atoms with Crippen molar-refractivity contribution in [3.05, 3.63) is 60.8 Å². The van der Waals surface area contributed by atoms with Crippen LogP contribution in [0.3, 0.4) is 0 Å². The first-order valence-electron chi connectivity index (χ1n) is 25.3. The van der Waals surface area contributed by atoms with Gasteiger partial charge < -0.3 is 14.2 Å². The number of hydrogen-bond acceptors (Lipinski definition) is 6. The van der Waals surface area contributed by atoms with Crippen LogP contribution >= 0.6 is 0 Å². The Hall–Kier alpha value is -2.89. The second-order valence-corrected chi connectivity index (χ2v) is 16.7. The summed E-state index contributed by atoms with van der Waals surface area (Å²) in [5.41, 5.74) is 0. The van der Waals surface area contributed by atoms with Crippen molar-refractivity contribution in [2.75, 3.05) is 13.2 Å². The van der Waals surface area contributed by atoms with Crippen molar-refractivity contribution in [1.29, 1.82) is 0 Å². The number of unbranched alkanes of at least 4 members (excludes halogenated alkanes) is 24. The zero-order valence-corrected chi connectivity index (χ0v) is 39.5. The summed E-state index contributed by atoms with van der Waals surface area (Å²) in [7, 11) is 0. The van der Waals surface area contributed by atoms with Crippen LogP contribution in [0.1, 0.15) is 245 Å². The van der Waals surface area contributed by atoms with Crippen LogP contribution in [0.4, 0.5) is 0 Å². The molecule has 6 nitrogen and oxygen atoms in total. The van der Waals surface area contributed by atoms with E-state index >= 15 is 0 Å². The molecule has 0 aromatic rings. The molecule has 0 aliphatic rings. The van der Waals surface area contributed by atoms with Crippen LogP contribution < -0.4 is 0 Å². The van der Waals surface area contributed by atoms with Gasteiger partial charge in [-0.2, -0.15) is 0 Å². The average Bonchev–Trinajstić information content (AvgIpc) is 3.24. The molecule has 346 valence electrons. The van der Waals surface area contributed by atoms with Gasteiger partial charge in [-0.05, 0) is 103 Å². The van der Waals surface area contributed by atoms with Crippen molar-refractivity contribution in [3.8, 4) is 0 Å². The van der Waals surface area contributed by atoms with E-state index in [9.17, 15) is 14.4 Å². The highest BCUT2D eigenvalue weighted by Crippen LogP contribution is 2.14. The zero-order chi connectivity index (χ0) is 43.7. The summed E-state index contributed by atoms with van der Waals surface area (Å²) in [6.07, 6.45) is 59.1. The minimum absolute atomic E-state index is 0.0868. The van der Waals surface area contributed by atoms with Crippen LogP contribution in [0, 0.1) is 0 Å². The number of hydrogen-bond donors (Lipinski definition) is 0. The molecule has 0 heterocycles. The minimum atomic E-state index is -0.786. The van der Waals surface area contributed by atoms with Gasteiger partial charge in [0.15, 0.2) is 6.10 Å². The van der Waals surface area contributed by atoms with Gasteiger partial charge >= 0.3 is 17.9 Å². The zero-order valence-electron chi connectivity index (χ0n) is 39.5. The van der Waals surface area contributed by atoms with E-state index < -0.39 is 6.10 Å².